The van der Waals surface area contributed by atoms with E-state index in [0.29, 0.717) is 47.0 Å². The van der Waals surface area contributed by atoms with Crippen LogP contribution < -0.4 is 10.2 Å². The Hall–Kier alpha value is -3.42. The van der Waals surface area contributed by atoms with Gasteiger partial charge in [-0.05, 0) is 61.9 Å². The quantitative estimate of drug-likeness (QED) is 0.530. The van der Waals surface area contributed by atoms with Crippen molar-refractivity contribution in [3.8, 4) is 0 Å². The number of amides is 2. The molecule has 1 aliphatic rings. The highest BCUT2D eigenvalue weighted by atomic mass is 16.6. The van der Waals surface area contributed by atoms with E-state index in [1.807, 2.05) is 6.07 Å². The van der Waals surface area contributed by atoms with Gasteiger partial charge in [0.15, 0.2) is 0 Å². The average molecular weight is 451 g/mol. The maximum atomic E-state index is 13.4. The molecule has 1 aromatic carbocycles. The first-order valence-corrected chi connectivity index (χ1v) is 11.3. The van der Waals surface area contributed by atoms with E-state index < -0.39 is 6.09 Å². The summed E-state index contributed by atoms with van der Waals surface area (Å²) >= 11 is 0. The van der Waals surface area contributed by atoms with Crippen LogP contribution in [0, 0.1) is 5.41 Å². The van der Waals surface area contributed by atoms with Gasteiger partial charge >= 0.3 is 6.09 Å². The zero-order valence-electron chi connectivity index (χ0n) is 19.8. The van der Waals surface area contributed by atoms with Gasteiger partial charge in [-0.15, -0.1) is 0 Å². The van der Waals surface area contributed by atoms with Gasteiger partial charge in [-0.25, -0.2) is 9.78 Å². The van der Waals surface area contributed by atoms with Crippen LogP contribution in [0.1, 0.15) is 68.2 Å². The maximum absolute atomic E-state index is 13.4. The zero-order valence-corrected chi connectivity index (χ0v) is 19.8. The van der Waals surface area contributed by atoms with E-state index in [1.165, 1.54) is 4.90 Å². The molecule has 0 radical (unpaired) electrons. The Kier molecular flexibility index (Phi) is 6.10. The summed E-state index contributed by atoms with van der Waals surface area (Å²) in [6.07, 6.45) is 2.37. The largest absolute Gasteiger partial charge is 0.449 e. The molecule has 8 nitrogen and oxygen atoms in total. The Morgan fingerprint density at radius 2 is 1.91 bits per heavy atom. The molecule has 0 bridgehead atoms. The topological polar surface area (TPSA) is 97.6 Å². The Bertz CT molecular complexity index is 1170. The molecule has 0 atom stereocenters. The number of fused-ring (bicyclic) bond motifs is 1. The van der Waals surface area contributed by atoms with Gasteiger partial charge in [0, 0.05) is 30.0 Å². The number of nitrogens with zero attached hydrogens (tertiary/aromatic N) is 3. The SMILES string of the molecule is CCOC(=O)N(C)c1ccc(NC(=O)c2cc(C3CC3)nc3onc(CC(C)(C)C)c23)cc1. The summed E-state index contributed by atoms with van der Waals surface area (Å²) in [4.78, 5) is 31.3. The van der Waals surface area contributed by atoms with E-state index in [1.54, 1.807) is 38.2 Å². The minimum atomic E-state index is -0.431. The van der Waals surface area contributed by atoms with Crippen LogP contribution in [-0.4, -0.2) is 35.8 Å². The molecule has 174 valence electrons. The fraction of sp³-hybridized carbons (Fsp3) is 0.440. The maximum Gasteiger partial charge on any atom is 0.413 e. The van der Waals surface area contributed by atoms with Crippen LogP contribution in [0.5, 0.6) is 0 Å². The molecular formula is C25H30N4O4. The number of carbonyl (C=O) groups excluding carboxylic acids is 2. The van der Waals surface area contributed by atoms with Crippen molar-refractivity contribution >= 4 is 34.5 Å². The van der Waals surface area contributed by atoms with E-state index >= 15 is 0 Å². The van der Waals surface area contributed by atoms with Crippen molar-refractivity contribution in [3.05, 3.63) is 47.3 Å². The second-order valence-electron chi connectivity index (χ2n) is 9.67. The Labute approximate surface area is 193 Å². The zero-order chi connectivity index (χ0) is 23.8. The normalized spacial score (nSPS) is 13.7. The van der Waals surface area contributed by atoms with Crippen molar-refractivity contribution in [3.63, 3.8) is 0 Å². The molecule has 0 saturated heterocycles. The summed E-state index contributed by atoms with van der Waals surface area (Å²) in [7, 11) is 1.64. The van der Waals surface area contributed by atoms with E-state index in [9.17, 15) is 9.59 Å². The van der Waals surface area contributed by atoms with Crippen molar-refractivity contribution in [1.29, 1.82) is 0 Å². The molecule has 0 aliphatic heterocycles. The number of rotatable bonds is 6. The molecule has 0 spiro atoms. The number of hydrogen-bond acceptors (Lipinski definition) is 6. The third kappa shape index (κ3) is 5.16. The molecular weight excluding hydrogens is 420 g/mol. The van der Waals surface area contributed by atoms with Crippen LogP contribution in [0.15, 0.2) is 34.9 Å². The number of carbonyl (C=O) groups is 2. The summed E-state index contributed by atoms with van der Waals surface area (Å²) in [6.45, 7) is 8.43. The van der Waals surface area contributed by atoms with Gasteiger partial charge < -0.3 is 14.6 Å². The van der Waals surface area contributed by atoms with Crippen LogP contribution in [0.3, 0.4) is 0 Å². The van der Waals surface area contributed by atoms with Crippen molar-refractivity contribution in [1.82, 2.24) is 10.1 Å². The van der Waals surface area contributed by atoms with Crippen LogP contribution in [0.2, 0.25) is 0 Å². The highest BCUT2D eigenvalue weighted by molar-refractivity contribution is 6.12. The van der Waals surface area contributed by atoms with Crippen LogP contribution in [-0.2, 0) is 11.2 Å². The first kappa shape index (κ1) is 22.8. The highest BCUT2D eigenvalue weighted by Crippen LogP contribution is 2.41. The van der Waals surface area contributed by atoms with E-state index in [4.69, 9.17) is 9.26 Å². The van der Waals surface area contributed by atoms with Crippen molar-refractivity contribution in [2.75, 3.05) is 23.9 Å². The third-order valence-electron chi connectivity index (χ3n) is 5.53. The number of anilines is 2. The average Bonchev–Trinajstić information content (AvgIpc) is 3.54. The van der Waals surface area contributed by atoms with Gasteiger partial charge in [0.2, 0.25) is 0 Å². The Morgan fingerprint density at radius 3 is 2.52 bits per heavy atom. The molecule has 4 rings (SSSR count). The molecule has 33 heavy (non-hydrogen) atoms. The lowest BCUT2D eigenvalue weighted by Crippen LogP contribution is -2.26. The van der Waals surface area contributed by atoms with Crippen LogP contribution in [0.25, 0.3) is 11.1 Å². The molecule has 1 N–H and O–H groups in total. The van der Waals surface area contributed by atoms with Crippen molar-refractivity contribution in [2.24, 2.45) is 5.41 Å². The lowest BCUT2D eigenvalue weighted by molar-refractivity contribution is 0.102. The first-order chi connectivity index (χ1) is 15.7. The summed E-state index contributed by atoms with van der Waals surface area (Å²) in [6, 6.07) is 8.91. The number of ether oxygens (including phenoxy) is 1. The molecule has 8 heteroatoms. The number of nitrogens with one attached hydrogen (secondary N) is 1. The standard InChI is InChI=1S/C25H30N4O4/c1-6-32-24(31)29(5)17-11-9-16(10-12-17)26-22(30)18-13-19(15-7-8-15)27-23-21(18)20(28-33-23)14-25(2,3)4/h9-13,15H,6-8,14H2,1-5H3,(H,26,30). The molecule has 2 aromatic heterocycles. The second-order valence-corrected chi connectivity index (χ2v) is 9.67. The van der Waals surface area contributed by atoms with Gasteiger partial charge in [0.05, 0.1) is 23.3 Å². The van der Waals surface area contributed by atoms with E-state index in [0.717, 1.165) is 24.2 Å². The summed E-state index contributed by atoms with van der Waals surface area (Å²) < 4.78 is 10.6. The summed E-state index contributed by atoms with van der Waals surface area (Å²) in [5.74, 6) is 0.129. The number of hydrogen-bond donors (Lipinski definition) is 1. The summed E-state index contributed by atoms with van der Waals surface area (Å²) in [5, 5.41) is 7.89. The lowest BCUT2D eigenvalue weighted by atomic mass is 9.89. The van der Waals surface area contributed by atoms with Crippen molar-refractivity contribution < 1.29 is 18.8 Å². The smallest absolute Gasteiger partial charge is 0.413 e. The first-order valence-electron chi connectivity index (χ1n) is 11.3. The second kappa shape index (κ2) is 8.84. The predicted octanol–water partition coefficient (Wildman–Crippen LogP) is 5.53. The molecule has 2 amide bonds. The van der Waals surface area contributed by atoms with E-state index in [-0.39, 0.29) is 11.3 Å². The van der Waals surface area contributed by atoms with Gasteiger partial charge in [0.25, 0.3) is 11.6 Å². The molecule has 2 heterocycles. The van der Waals surface area contributed by atoms with Gasteiger partial charge in [-0.1, -0.05) is 25.9 Å². The molecule has 1 fully saturated rings. The minimum Gasteiger partial charge on any atom is -0.449 e. The monoisotopic (exact) mass is 450 g/mol. The van der Waals surface area contributed by atoms with Gasteiger partial charge in [-0.2, -0.15) is 0 Å². The number of pyridine rings is 1. The molecule has 0 unspecified atom stereocenters. The van der Waals surface area contributed by atoms with E-state index in [2.05, 4.69) is 36.2 Å². The fourth-order valence-electron chi connectivity index (χ4n) is 3.71. The summed E-state index contributed by atoms with van der Waals surface area (Å²) in [5.41, 5.74) is 3.81. The number of aromatic nitrogens is 2. The molecule has 1 aliphatic carbocycles. The Morgan fingerprint density at radius 1 is 1.21 bits per heavy atom. The van der Waals surface area contributed by atoms with Gasteiger partial charge in [-0.3, -0.25) is 9.69 Å². The Balaban J connectivity index is 1.62. The fourth-order valence-corrected chi connectivity index (χ4v) is 3.71. The minimum absolute atomic E-state index is 0.0203. The molecule has 3 aromatic rings. The number of benzene rings is 1. The molecule has 1 saturated carbocycles. The third-order valence-corrected chi connectivity index (χ3v) is 5.53. The van der Waals surface area contributed by atoms with Crippen LogP contribution >= 0.6 is 0 Å². The van der Waals surface area contributed by atoms with Crippen LogP contribution in [0.4, 0.5) is 16.2 Å². The van der Waals surface area contributed by atoms with Crippen molar-refractivity contribution in [2.45, 2.75) is 52.9 Å². The van der Waals surface area contributed by atoms with Gasteiger partial charge in [0.1, 0.15) is 0 Å². The highest BCUT2D eigenvalue weighted by Gasteiger charge is 2.30. The predicted molar refractivity (Wildman–Crippen MR) is 127 cm³/mol. The lowest BCUT2D eigenvalue weighted by Gasteiger charge is -2.17.